The molecule has 0 aliphatic heterocycles. The molecule has 0 aliphatic carbocycles. The number of aliphatic carboxylic acids is 1. The summed E-state index contributed by atoms with van der Waals surface area (Å²) in [4.78, 5) is 59.1. The summed E-state index contributed by atoms with van der Waals surface area (Å²) in [6, 6.07) is -5.10. The van der Waals surface area contributed by atoms with E-state index < -0.39 is 66.3 Å². The molecule has 0 aromatic rings. The molecule has 5 atom stereocenters. The van der Waals surface area contributed by atoms with Crippen molar-refractivity contribution < 1.29 is 34.2 Å². The third-order valence-corrected chi connectivity index (χ3v) is 4.87. The maximum absolute atomic E-state index is 12.5. The molecule has 0 aromatic carbocycles. The predicted octanol–water partition coefficient (Wildman–Crippen LogP) is -3.21. The van der Waals surface area contributed by atoms with Crippen LogP contribution in [0.2, 0.25) is 0 Å². The van der Waals surface area contributed by atoms with Gasteiger partial charge in [0.1, 0.15) is 12.1 Å². The number of aliphatic hydroxyl groups excluding tert-OH is 1. The highest BCUT2D eigenvalue weighted by Crippen LogP contribution is 2.04. The number of carbonyl (C=O) groups excluding carboxylic acids is 4. The third kappa shape index (κ3) is 10.1. The number of thioether (sulfide) groups is 1. The number of primary amides is 1. The first-order valence-corrected chi connectivity index (χ1v) is 10.9. The maximum Gasteiger partial charge on any atom is 0.328 e. The number of nitrogens with two attached hydrogens (primary N) is 2. The Morgan fingerprint density at radius 3 is 2.00 bits per heavy atom. The van der Waals surface area contributed by atoms with E-state index in [-0.39, 0.29) is 12.2 Å². The Balaban J connectivity index is 5.21. The zero-order valence-electron chi connectivity index (χ0n) is 16.7. The highest BCUT2D eigenvalue weighted by molar-refractivity contribution is 7.98. The minimum absolute atomic E-state index is 0.136. The zero-order valence-corrected chi connectivity index (χ0v) is 18.4. The minimum Gasteiger partial charge on any atom is -0.480 e. The number of hydrogen-bond donors (Lipinski definition) is 8. The normalized spacial score (nSPS) is 15.8. The molecule has 0 saturated heterocycles. The second kappa shape index (κ2) is 14.1. The fourth-order valence-corrected chi connectivity index (χ4v) is 2.93. The van der Waals surface area contributed by atoms with Gasteiger partial charge >= 0.3 is 5.97 Å². The van der Waals surface area contributed by atoms with Crippen LogP contribution < -0.4 is 27.4 Å². The van der Waals surface area contributed by atoms with Crippen molar-refractivity contribution in [1.29, 1.82) is 0 Å². The first-order chi connectivity index (χ1) is 13.9. The molecule has 4 amide bonds. The molecular weight excluding hydrogens is 438 g/mol. The topological polar surface area (TPSA) is 214 Å². The number of thiol groups is 1. The van der Waals surface area contributed by atoms with E-state index in [1.807, 2.05) is 0 Å². The van der Waals surface area contributed by atoms with Crippen molar-refractivity contribution >= 4 is 54.0 Å². The highest BCUT2D eigenvalue weighted by atomic mass is 32.2. The number of carboxylic acids is 1. The molecule has 0 bridgehead atoms. The summed E-state index contributed by atoms with van der Waals surface area (Å²) in [5.41, 5.74) is 10.5. The summed E-state index contributed by atoms with van der Waals surface area (Å²) in [6.07, 6.45) is 0.170. The van der Waals surface area contributed by atoms with Crippen LogP contribution in [0.25, 0.3) is 0 Å². The van der Waals surface area contributed by atoms with Crippen LogP contribution in [0, 0.1) is 0 Å². The van der Waals surface area contributed by atoms with Gasteiger partial charge in [0.05, 0.1) is 18.6 Å². The van der Waals surface area contributed by atoms with Crippen molar-refractivity contribution in [2.75, 3.05) is 17.8 Å². The van der Waals surface area contributed by atoms with Crippen molar-refractivity contribution in [3.05, 3.63) is 0 Å². The summed E-state index contributed by atoms with van der Waals surface area (Å²) in [5.74, 6) is -4.25. The summed E-state index contributed by atoms with van der Waals surface area (Å²) >= 11 is 5.40. The lowest BCUT2D eigenvalue weighted by atomic mass is 10.1. The van der Waals surface area contributed by atoms with Crippen LogP contribution in [0.1, 0.15) is 19.8 Å². The number of carbonyl (C=O) groups is 5. The fourth-order valence-electron chi connectivity index (χ4n) is 2.20. The van der Waals surface area contributed by atoms with Crippen LogP contribution in [0.3, 0.4) is 0 Å². The summed E-state index contributed by atoms with van der Waals surface area (Å²) in [5, 5.41) is 25.6. The van der Waals surface area contributed by atoms with E-state index >= 15 is 0 Å². The molecule has 12 nitrogen and oxygen atoms in total. The van der Waals surface area contributed by atoms with E-state index in [2.05, 4.69) is 28.6 Å². The monoisotopic (exact) mass is 467 g/mol. The molecular formula is C16H29N5O7S2. The Morgan fingerprint density at radius 1 is 1.03 bits per heavy atom. The van der Waals surface area contributed by atoms with Crippen molar-refractivity contribution in [2.24, 2.45) is 11.5 Å². The van der Waals surface area contributed by atoms with Crippen LogP contribution >= 0.6 is 24.4 Å². The van der Waals surface area contributed by atoms with Gasteiger partial charge in [-0.3, -0.25) is 19.2 Å². The molecule has 0 saturated carbocycles. The van der Waals surface area contributed by atoms with Gasteiger partial charge in [0.15, 0.2) is 6.04 Å². The molecule has 0 radical (unpaired) electrons. The van der Waals surface area contributed by atoms with Gasteiger partial charge in [-0.1, -0.05) is 0 Å². The number of rotatable bonds is 14. The van der Waals surface area contributed by atoms with Gasteiger partial charge < -0.3 is 37.6 Å². The van der Waals surface area contributed by atoms with E-state index in [0.717, 1.165) is 0 Å². The van der Waals surface area contributed by atoms with Gasteiger partial charge in [-0.05, 0) is 25.4 Å². The average Bonchev–Trinajstić information content (AvgIpc) is 2.65. The van der Waals surface area contributed by atoms with E-state index in [0.29, 0.717) is 5.75 Å². The molecule has 0 spiro atoms. The summed E-state index contributed by atoms with van der Waals surface area (Å²) < 4.78 is 0. The standard InChI is InChI=1S/C16H29N5O7S2/c1-7(22)12(16(27)28)21-14(25)9(3-4-30-2)19-15(26)10(6-29)20-13(24)8(17)5-11(18)23/h7-10,12,22,29H,3-6,17H2,1-2H3,(H2,18,23)(H,19,26)(H,20,24)(H,21,25)(H,27,28). The van der Waals surface area contributed by atoms with Gasteiger partial charge in [0, 0.05) is 5.75 Å². The molecule has 172 valence electrons. The average molecular weight is 468 g/mol. The van der Waals surface area contributed by atoms with E-state index in [1.54, 1.807) is 6.26 Å². The Labute approximate surface area is 183 Å². The Kier molecular flexibility index (Phi) is 13.1. The van der Waals surface area contributed by atoms with E-state index in [9.17, 15) is 29.1 Å². The van der Waals surface area contributed by atoms with E-state index in [4.69, 9.17) is 16.6 Å². The number of amides is 4. The Morgan fingerprint density at radius 2 is 1.57 bits per heavy atom. The smallest absolute Gasteiger partial charge is 0.328 e. The molecule has 9 N–H and O–H groups in total. The van der Waals surface area contributed by atoms with Gasteiger partial charge in [-0.15, -0.1) is 0 Å². The molecule has 0 aliphatic rings. The number of nitrogens with one attached hydrogen (secondary N) is 3. The maximum atomic E-state index is 12.5. The van der Waals surface area contributed by atoms with Crippen molar-refractivity contribution in [3.8, 4) is 0 Å². The number of hydrogen-bond acceptors (Lipinski definition) is 9. The second-order valence-corrected chi connectivity index (χ2v) is 7.78. The highest BCUT2D eigenvalue weighted by Gasteiger charge is 2.31. The lowest BCUT2D eigenvalue weighted by molar-refractivity contribution is -0.145. The Bertz CT molecular complexity index is 635. The molecule has 0 rings (SSSR count). The van der Waals surface area contributed by atoms with Gasteiger partial charge in [0.25, 0.3) is 0 Å². The largest absolute Gasteiger partial charge is 0.480 e. The minimum atomic E-state index is -1.56. The van der Waals surface area contributed by atoms with Gasteiger partial charge in [-0.2, -0.15) is 24.4 Å². The van der Waals surface area contributed by atoms with Crippen LogP contribution in [-0.2, 0) is 24.0 Å². The molecule has 14 heteroatoms. The first kappa shape index (κ1) is 28.0. The van der Waals surface area contributed by atoms with Crippen LogP contribution in [0.5, 0.6) is 0 Å². The molecule has 0 heterocycles. The van der Waals surface area contributed by atoms with Crippen LogP contribution in [0.15, 0.2) is 0 Å². The zero-order chi connectivity index (χ0) is 23.4. The summed E-state index contributed by atoms with van der Waals surface area (Å²) in [6.45, 7) is 1.20. The summed E-state index contributed by atoms with van der Waals surface area (Å²) in [7, 11) is 0. The van der Waals surface area contributed by atoms with Gasteiger partial charge in [-0.25, -0.2) is 4.79 Å². The third-order valence-electron chi connectivity index (χ3n) is 3.86. The molecule has 5 unspecified atom stereocenters. The van der Waals surface area contributed by atoms with Crippen molar-refractivity contribution in [3.63, 3.8) is 0 Å². The van der Waals surface area contributed by atoms with Crippen LogP contribution in [0.4, 0.5) is 0 Å². The Hall–Kier alpha value is -2.03. The first-order valence-electron chi connectivity index (χ1n) is 8.90. The fraction of sp³-hybridized carbons (Fsp3) is 0.688. The van der Waals surface area contributed by atoms with Crippen molar-refractivity contribution in [2.45, 2.75) is 50.0 Å². The quantitative estimate of drug-likeness (QED) is 0.120. The van der Waals surface area contributed by atoms with Gasteiger partial charge in [0.2, 0.25) is 23.6 Å². The molecule has 0 fully saturated rings. The number of aliphatic hydroxyl groups is 1. The predicted molar refractivity (Wildman–Crippen MR) is 114 cm³/mol. The lowest BCUT2D eigenvalue weighted by Crippen LogP contribution is -2.59. The second-order valence-electron chi connectivity index (χ2n) is 6.43. The molecule has 0 aromatic heterocycles. The number of carboxylic acid groups (broad SMARTS) is 1. The van der Waals surface area contributed by atoms with Crippen molar-refractivity contribution in [1.82, 2.24) is 16.0 Å². The van der Waals surface area contributed by atoms with E-state index in [1.165, 1.54) is 18.7 Å². The lowest BCUT2D eigenvalue weighted by Gasteiger charge is -2.25. The van der Waals surface area contributed by atoms with Crippen LogP contribution in [-0.4, -0.2) is 87.8 Å². The molecule has 30 heavy (non-hydrogen) atoms. The SMILES string of the molecule is CSCCC(NC(=O)C(CS)NC(=O)C(N)CC(N)=O)C(=O)NC(C(=O)O)C(C)O.